The molecule has 2 bridgehead atoms. The number of aromatic nitrogens is 1. The standard InChI is InChI=1S/C16H18N2O/c17-16(13-9-12-5-6-15(13)19-12)11-4-3-10-2-1-7-18-14(10)8-11/h1-4,7-8,12-13,15-16H,5-6,9,17H2. The van der Waals surface area contributed by atoms with Gasteiger partial charge in [0, 0.05) is 23.5 Å². The van der Waals surface area contributed by atoms with E-state index in [0.29, 0.717) is 18.1 Å². The summed E-state index contributed by atoms with van der Waals surface area (Å²) in [6, 6.07) is 10.5. The number of hydrogen-bond donors (Lipinski definition) is 1. The lowest BCUT2D eigenvalue weighted by molar-refractivity contribution is 0.0885. The molecule has 2 fully saturated rings. The van der Waals surface area contributed by atoms with Gasteiger partial charge in [-0.2, -0.15) is 0 Å². The van der Waals surface area contributed by atoms with E-state index >= 15 is 0 Å². The molecule has 0 amide bonds. The minimum atomic E-state index is 0.0710. The SMILES string of the molecule is NC(c1ccc2cccnc2c1)C1CC2CCC1O2. The molecule has 0 saturated carbocycles. The summed E-state index contributed by atoms with van der Waals surface area (Å²) in [4.78, 5) is 4.41. The molecule has 2 aliphatic rings. The highest BCUT2D eigenvalue weighted by Gasteiger charge is 2.43. The summed E-state index contributed by atoms with van der Waals surface area (Å²) >= 11 is 0. The third-order valence-corrected chi connectivity index (χ3v) is 4.63. The zero-order chi connectivity index (χ0) is 12.8. The van der Waals surface area contributed by atoms with Crippen molar-refractivity contribution in [1.82, 2.24) is 4.98 Å². The molecule has 4 rings (SSSR count). The van der Waals surface area contributed by atoms with E-state index in [1.165, 1.54) is 23.8 Å². The predicted octanol–water partition coefficient (Wildman–Crippen LogP) is 2.80. The maximum atomic E-state index is 6.47. The second-order valence-corrected chi connectivity index (χ2v) is 5.75. The van der Waals surface area contributed by atoms with Gasteiger partial charge in [-0.25, -0.2) is 0 Å². The summed E-state index contributed by atoms with van der Waals surface area (Å²) in [6.07, 6.45) is 6.17. The zero-order valence-corrected chi connectivity index (χ0v) is 10.8. The normalized spacial score (nSPS) is 30.9. The highest BCUT2D eigenvalue weighted by atomic mass is 16.5. The van der Waals surface area contributed by atoms with E-state index in [-0.39, 0.29) is 6.04 Å². The number of ether oxygens (including phenoxy) is 1. The maximum absolute atomic E-state index is 6.47. The molecule has 98 valence electrons. The Labute approximate surface area is 112 Å². The predicted molar refractivity (Wildman–Crippen MR) is 74.7 cm³/mol. The van der Waals surface area contributed by atoms with Crippen LogP contribution in [0.25, 0.3) is 10.9 Å². The first-order valence-electron chi connectivity index (χ1n) is 7.07. The van der Waals surface area contributed by atoms with Crippen LogP contribution >= 0.6 is 0 Å². The molecule has 2 aliphatic heterocycles. The van der Waals surface area contributed by atoms with E-state index < -0.39 is 0 Å². The van der Waals surface area contributed by atoms with E-state index in [9.17, 15) is 0 Å². The molecular weight excluding hydrogens is 236 g/mol. The molecule has 19 heavy (non-hydrogen) atoms. The number of benzene rings is 1. The lowest BCUT2D eigenvalue weighted by atomic mass is 9.81. The fourth-order valence-corrected chi connectivity index (χ4v) is 3.59. The van der Waals surface area contributed by atoms with Crippen molar-refractivity contribution >= 4 is 10.9 Å². The van der Waals surface area contributed by atoms with Gasteiger partial charge in [-0.05, 0) is 37.0 Å². The molecule has 3 nitrogen and oxygen atoms in total. The third-order valence-electron chi connectivity index (χ3n) is 4.63. The number of nitrogens with zero attached hydrogens (tertiary/aromatic N) is 1. The van der Waals surface area contributed by atoms with Gasteiger partial charge < -0.3 is 10.5 Å². The molecule has 2 saturated heterocycles. The van der Waals surface area contributed by atoms with Crippen molar-refractivity contribution in [1.29, 1.82) is 0 Å². The Morgan fingerprint density at radius 2 is 2.21 bits per heavy atom. The lowest BCUT2D eigenvalue weighted by Gasteiger charge is -2.25. The van der Waals surface area contributed by atoms with Gasteiger partial charge in [0.05, 0.1) is 17.7 Å². The quantitative estimate of drug-likeness (QED) is 0.896. The summed E-state index contributed by atoms with van der Waals surface area (Å²) in [7, 11) is 0. The van der Waals surface area contributed by atoms with Gasteiger partial charge in [0.1, 0.15) is 0 Å². The van der Waals surface area contributed by atoms with Crippen molar-refractivity contribution in [2.75, 3.05) is 0 Å². The first-order valence-corrected chi connectivity index (χ1v) is 7.07. The van der Waals surface area contributed by atoms with Gasteiger partial charge in [0.15, 0.2) is 0 Å². The van der Waals surface area contributed by atoms with Gasteiger partial charge >= 0.3 is 0 Å². The molecule has 0 spiro atoms. The fraction of sp³-hybridized carbons (Fsp3) is 0.438. The largest absolute Gasteiger partial charge is 0.375 e. The zero-order valence-electron chi connectivity index (χ0n) is 10.8. The summed E-state index contributed by atoms with van der Waals surface area (Å²) in [5.41, 5.74) is 8.68. The van der Waals surface area contributed by atoms with Crippen molar-refractivity contribution in [2.45, 2.75) is 37.5 Å². The van der Waals surface area contributed by atoms with Crippen LogP contribution in [0.4, 0.5) is 0 Å². The van der Waals surface area contributed by atoms with Crippen LogP contribution in [0.3, 0.4) is 0 Å². The van der Waals surface area contributed by atoms with Crippen molar-refractivity contribution in [3.05, 3.63) is 42.1 Å². The fourth-order valence-electron chi connectivity index (χ4n) is 3.59. The Kier molecular flexibility index (Phi) is 2.57. The third kappa shape index (κ3) is 1.85. The minimum absolute atomic E-state index is 0.0710. The van der Waals surface area contributed by atoms with E-state index in [1.807, 2.05) is 12.3 Å². The van der Waals surface area contributed by atoms with Crippen LogP contribution in [0, 0.1) is 5.92 Å². The molecule has 0 aliphatic carbocycles. The van der Waals surface area contributed by atoms with Crippen LogP contribution in [-0.4, -0.2) is 17.2 Å². The second kappa shape index (κ2) is 4.29. The molecule has 3 heterocycles. The molecule has 1 aromatic carbocycles. The van der Waals surface area contributed by atoms with Gasteiger partial charge in [0.25, 0.3) is 0 Å². The smallest absolute Gasteiger partial charge is 0.0705 e. The Balaban J connectivity index is 1.66. The van der Waals surface area contributed by atoms with Crippen LogP contribution in [0.5, 0.6) is 0 Å². The molecule has 1 aromatic heterocycles. The van der Waals surface area contributed by atoms with Gasteiger partial charge in [-0.3, -0.25) is 4.98 Å². The van der Waals surface area contributed by atoms with E-state index in [4.69, 9.17) is 10.5 Å². The molecule has 3 heteroatoms. The van der Waals surface area contributed by atoms with Crippen LogP contribution in [0.15, 0.2) is 36.5 Å². The average Bonchev–Trinajstić information content (AvgIpc) is 3.08. The first kappa shape index (κ1) is 11.4. The Hall–Kier alpha value is -1.45. The van der Waals surface area contributed by atoms with Gasteiger partial charge in [-0.15, -0.1) is 0 Å². The molecule has 4 atom stereocenters. The topological polar surface area (TPSA) is 48.1 Å². The number of hydrogen-bond acceptors (Lipinski definition) is 3. The van der Waals surface area contributed by atoms with Crippen LogP contribution in [0.1, 0.15) is 30.9 Å². The first-order chi connectivity index (χ1) is 9.31. The monoisotopic (exact) mass is 254 g/mol. The number of rotatable bonds is 2. The van der Waals surface area contributed by atoms with Crippen LogP contribution in [0.2, 0.25) is 0 Å². The summed E-state index contributed by atoms with van der Waals surface area (Å²) in [5, 5.41) is 1.17. The molecule has 2 N–H and O–H groups in total. The Morgan fingerprint density at radius 3 is 3.00 bits per heavy atom. The molecular formula is C16H18N2O. The average molecular weight is 254 g/mol. The van der Waals surface area contributed by atoms with Crippen molar-refractivity contribution in [3.63, 3.8) is 0 Å². The van der Waals surface area contributed by atoms with Crippen molar-refractivity contribution < 1.29 is 4.74 Å². The van der Waals surface area contributed by atoms with Crippen molar-refractivity contribution in [3.8, 4) is 0 Å². The Morgan fingerprint density at radius 1 is 1.26 bits per heavy atom. The second-order valence-electron chi connectivity index (χ2n) is 5.75. The van der Waals surface area contributed by atoms with Crippen molar-refractivity contribution in [2.24, 2.45) is 11.7 Å². The van der Waals surface area contributed by atoms with Crippen LogP contribution in [-0.2, 0) is 4.74 Å². The summed E-state index contributed by atoms with van der Waals surface area (Å²) in [5.74, 6) is 0.472. The number of pyridine rings is 1. The lowest BCUT2D eigenvalue weighted by Crippen LogP contribution is -2.29. The molecule has 0 radical (unpaired) electrons. The van der Waals surface area contributed by atoms with E-state index in [0.717, 1.165) is 11.9 Å². The van der Waals surface area contributed by atoms with Gasteiger partial charge in [-0.1, -0.05) is 18.2 Å². The maximum Gasteiger partial charge on any atom is 0.0705 e. The van der Waals surface area contributed by atoms with Gasteiger partial charge in [0.2, 0.25) is 0 Å². The highest BCUT2D eigenvalue weighted by Crippen LogP contribution is 2.43. The summed E-state index contributed by atoms with van der Waals surface area (Å²) < 4.78 is 5.92. The summed E-state index contributed by atoms with van der Waals surface area (Å²) in [6.45, 7) is 0. The van der Waals surface area contributed by atoms with E-state index in [2.05, 4.69) is 29.2 Å². The Bertz CT molecular complexity index is 612. The van der Waals surface area contributed by atoms with E-state index in [1.54, 1.807) is 0 Å². The molecule has 2 aromatic rings. The number of fused-ring (bicyclic) bond motifs is 3. The molecule has 4 unspecified atom stereocenters. The van der Waals surface area contributed by atoms with Crippen LogP contribution < -0.4 is 5.73 Å². The number of nitrogens with two attached hydrogens (primary N) is 1. The minimum Gasteiger partial charge on any atom is -0.375 e. The highest BCUT2D eigenvalue weighted by molar-refractivity contribution is 5.79.